The summed E-state index contributed by atoms with van der Waals surface area (Å²) < 4.78 is 90.3. The molecule has 10 heteroatoms. The van der Waals surface area contributed by atoms with Gasteiger partial charge in [0.05, 0.1) is 24.8 Å². The van der Waals surface area contributed by atoms with Crippen LogP contribution in [0, 0.1) is 0 Å². The molecule has 1 aliphatic heterocycles. The summed E-state index contributed by atoms with van der Waals surface area (Å²) in [4.78, 5) is 12.4. The Kier molecular flexibility index (Phi) is 7.38. The van der Waals surface area contributed by atoms with E-state index in [4.69, 9.17) is 4.74 Å². The molecule has 0 radical (unpaired) electrons. The number of esters is 1. The van der Waals surface area contributed by atoms with Crippen LogP contribution >= 0.6 is 0 Å². The largest absolute Gasteiger partial charge is 0.467 e. The van der Waals surface area contributed by atoms with Crippen LogP contribution in [0.2, 0.25) is 0 Å². The van der Waals surface area contributed by atoms with Crippen LogP contribution in [0.4, 0.5) is 26.3 Å². The van der Waals surface area contributed by atoms with Gasteiger partial charge in [0.15, 0.2) is 6.10 Å². The van der Waals surface area contributed by atoms with Crippen molar-refractivity contribution in [2.75, 3.05) is 26.8 Å². The summed E-state index contributed by atoms with van der Waals surface area (Å²) in [7, 11) is 0.995. The van der Waals surface area contributed by atoms with Gasteiger partial charge in [-0.3, -0.25) is 0 Å². The van der Waals surface area contributed by atoms with Crippen molar-refractivity contribution in [2.24, 2.45) is 0 Å². The fourth-order valence-corrected chi connectivity index (χ4v) is 3.99. The van der Waals surface area contributed by atoms with Gasteiger partial charge in [0.2, 0.25) is 0 Å². The quantitative estimate of drug-likeness (QED) is 0.457. The van der Waals surface area contributed by atoms with Gasteiger partial charge in [0, 0.05) is 5.41 Å². The van der Waals surface area contributed by atoms with Crippen LogP contribution in [0.1, 0.15) is 41.2 Å². The molecule has 0 spiro atoms. The first kappa shape index (κ1) is 25.0. The molecule has 1 fully saturated rings. The number of piperidine rings is 1. The van der Waals surface area contributed by atoms with Crippen LogP contribution in [0.15, 0.2) is 48.5 Å². The maximum atomic E-state index is 13.3. The Bertz CT molecular complexity index is 921. The minimum absolute atomic E-state index is 0.0100. The molecule has 1 N–H and O–H groups in total. The smallest absolute Gasteiger partial charge is 0.416 e. The average molecular weight is 475 g/mol. The third kappa shape index (κ3) is 5.86. The van der Waals surface area contributed by atoms with Crippen molar-refractivity contribution >= 4 is 5.97 Å². The first-order valence-corrected chi connectivity index (χ1v) is 10.2. The number of methoxy groups -OCH3 is 1. The summed E-state index contributed by atoms with van der Waals surface area (Å²) in [5, 5.41) is 3.21. The molecule has 4 nitrogen and oxygen atoms in total. The van der Waals surface area contributed by atoms with E-state index < -0.39 is 46.5 Å². The highest BCUT2D eigenvalue weighted by Gasteiger charge is 2.40. The molecule has 0 aromatic heterocycles. The van der Waals surface area contributed by atoms with E-state index >= 15 is 0 Å². The summed E-state index contributed by atoms with van der Waals surface area (Å²) in [6.07, 6.45) is -10.6. The summed E-state index contributed by atoms with van der Waals surface area (Å²) in [5.74, 6) is -1.08. The van der Waals surface area contributed by atoms with Gasteiger partial charge in [0.25, 0.3) is 0 Å². The molecular formula is C23H23F6NO3. The number of carbonyl (C=O) groups excluding carboxylic acids is 1. The van der Waals surface area contributed by atoms with E-state index in [-0.39, 0.29) is 12.7 Å². The van der Waals surface area contributed by atoms with Crippen molar-refractivity contribution in [1.29, 1.82) is 0 Å². The second-order valence-electron chi connectivity index (χ2n) is 7.95. The Hall–Kier alpha value is -2.59. The van der Waals surface area contributed by atoms with E-state index in [0.717, 1.165) is 12.7 Å². The van der Waals surface area contributed by atoms with Crippen LogP contribution in [-0.4, -0.2) is 32.8 Å². The minimum Gasteiger partial charge on any atom is -0.467 e. The number of benzene rings is 2. The number of alkyl halides is 6. The molecule has 2 aromatic rings. The fraction of sp³-hybridized carbons (Fsp3) is 0.435. The summed E-state index contributed by atoms with van der Waals surface area (Å²) in [6.45, 7) is 1.20. The molecule has 33 heavy (non-hydrogen) atoms. The van der Waals surface area contributed by atoms with Crippen molar-refractivity contribution in [3.63, 3.8) is 0 Å². The number of ether oxygens (including phenoxy) is 2. The maximum Gasteiger partial charge on any atom is 0.416 e. The summed E-state index contributed by atoms with van der Waals surface area (Å²) in [6, 6.07) is 10.3. The van der Waals surface area contributed by atoms with Gasteiger partial charge in [-0.15, -0.1) is 0 Å². The van der Waals surface area contributed by atoms with Gasteiger partial charge in [-0.25, -0.2) is 4.79 Å². The lowest BCUT2D eigenvalue weighted by Crippen LogP contribution is -2.43. The molecule has 0 bridgehead atoms. The van der Waals surface area contributed by atoms with Gasteiger partial charge in [0.1, 0.15) is 0 Å². The third-order valence-corrected chi connectivity index (χ3v) is 5.80. The lowest BCUT2D eigenvalue weighted by atomic mass is 9.74. The number of rotatable bonds is 6. The Balaban J connectivity index is 2.00. The monoisotopic (exact) mass is 475 g/mol. The van der Waals surface area contributed by atoms with Crippen molar-refractivity contribution < 1.29 is 40.6 Å². The predicted molar refractivity (Wildman–Crippen MR) is 107 cm³/mol. The van der Waals surface area contributed by atoms with Crippen LogP contribution in [-0.2, 0) is 32.0 Å². The summed E-state index contributed by atoms with van der Waals surface area (Å²) >= 11 is 0. The first-order valence-electron chi connectivity index (χ1n) is 10.2. The Labute approximate surface area is 186 Å². The van der Waals surface area contributed by atoms with Crippen LogP contribution < -0.4 is 5.32 Å². The van der Waals surface area contributed by atoms with Crippen molar-refractivity contribution in [3.8, 4) is 0 Å². The highest BCUT2D eigenvalue weighted by atomic mass is 19.4. The minimum atomic E-state index is -5.04. The first-order chi connectivity index (χ1) is 15.5. The lowest BCUT2D eigenvalue weighted by Gasteiger charge is -2.38. The van der Waals surface area contributed by atoms with Gasteiger partial charge in [-0.2, -0.15) is 26.3 Å². The van der Waals surface area contributed by atoms with Crippen molar-refractivity contribution in [2.45, 2.75) is 36.7 Å². The topological polar surface area (TPSA) is 47.6 Å². The van der Waals surface area contributed by atoms with Gasteiger partial charge >= 0.3 is 18.3 Å². The zero-order chi connectivity index (χ0) is 24.3. The average Bonchev–Trinajstić information content (AvgIpc) is 2.79. The normalized spacial score (nSPS) is 17.4. The number of carbonyl (C=O) groups is 1. The second-order valence-corrected chi connectivity index (χ2v) is 7.95. The van der Waals surface area contributed by atoms with E-state index in [9.17, 15) is 31.1 Å². The van der Waals surface area contributed by atoms with Crippen molar-refractivity contribution in [3.05, 3.63) is 70.8 Å². The molecule has 3 rings (SSSR count). The van der Waals surface area contributed by atoms with Crippen LogP contribution in [0.25, 0.3) is 0 Å². The number of hydrogen-bond donors (Lipinski definition) is 1. The van der Waals surface area contributed by atoms with E-state index in [0.29, 0.717) is 38.1 Å². The molecule has 0 aliphatic carbocycles. The van der Waals surface area contributed by atoms with E-state index in [2.05, 4.69) is 10.1 Å². The predicted octanol–water partition coefficient (Wildman–Crippen LogP) is 5.28. The number of hydrogen-bond acceptors (Lipinski definition) is 4. The molecule has 0 amide bonds. The SMILES string of the molecule is COC(=O)C(OCC1(c2ccccc2)CCNCC1)c1cc(C(F)(F)F)cc(C(F)(F)F)c1. The van der Waals surface area contributed by atoms with Gasteiger partial charge in [-0.05, 0) is 55.3 Å². The zero-order valence-corrected chi connectivity index (χ0v) is 17.7. The standard InChI is InChI=1S/C23H23F6NO3/c1-32-20(31)19(15-11-17(22(24,25)26)13-18(12-15)23(27,28)29)33-14-21(7-9-30-10-8-21)16-5-3-2-4-6-16/h2-6,11-13,19,30H,7-10,14H2,1H3. The Morgan fingerprint density at radius 1 is 0.970 bits per heavy atom. The van der Waals surface area contributed by atoms with Gasteiger partial charge < -0.3 is 14.8 Å². The molecule has 1 heterocycles. The molecule has 2 aromatic carbocycles. The number of halogens is 6. The molecule has 1 aliphatic rings. The molecular weight excluding hydrogens is 452 g/mol. The highest BCUT2D eigenvalue weighted by molar-refractivity contribution is 5.76. The van der Waals surface area contributed by atoms with E-state index in [1.54, 1.807) is 0 Å². The lowest BCUT2D eigenvalue weighted by molar-refractivity contribution is -0.157. The van der Waals surface area contributed by atoms with E-state index in [1.165, 1.54) is 0 Å². The van der Waals surface area contributed by atoms with Crippen LogP contribution in [0.3, 0.4) is 0 Å². The Morgan fingerprint density at radius 3 is 2.00 bits per heavy atom. The summed E-state index contributed by atoms with van der Waals surface area (Å²) in [5.41, 5.74) is -3.27. The third-order valence-electron chi connectivity index (χ3n) is 5.80. The zero-order valence-electron chi connectivity index (χ0n) is 17.7. The molecule has 0 saturated carbocycles. The molecule has 1 saturated heterocycles. The van der Waals surface area contributed by atoms with E-state index in [1.807, 2.05) is 30.3 Å². The molecule has 180 valence electrons. The molecule has 1 atom stereocenters. The Morgan fingerprint density at radius 2 is 1.52 bits per heavy atom. The number of nitrogens with one attached hydrogen (secondary N) is 1. The molecule has 1 unspecified atom stereocenters. The highest BCUT2D eigenvalue weighted by Crippen LogP contribution is 2.40. The van der Waals surface area contributed by atoms with Gasteiger partial charge in [-0.1, -0.05) is 30.3 Å². The second kappa shape index (κ2) is 9.72. The maximum absolute atomic E-state index is 13.3. The van der Waals surface area contributed by atoms with Crippen molar-refractivity contribution in [1.82, 2.24) is 5.32 Å². The fourth-order valence-electron chi connectivity index (χ4n) is 3.99. The van der Waals surface area contributed by atoms with Crippen LogP contribution in [0.5, 0.6) is 0 Å².